The molecule has 1 aliphatic rings. The summed E-state index contributed by atoms with van der Waals surface area (Å²) in [6.45, 7) is 1.89. The Balaban J connectivity index is 2.44. The topological polar surface area (TPSA) is 49.3 Å². The number of fused-ring (bicyclic) bond motifs is 1. The van der Waals surface area contributed by atoms with E-state index in [2.05, 4.69) is 21.2 Å². The van der Waals surface area contributed by atoms with Gasteiger partial charge >= 0.3 is 5.97 Å². The molecule has 0 bridgehead atoms. The molecular weight excluding hydrogens is 258 g/mol. The number of hydrogen-bond acceptors (Lipinski definition) is 2. The van der Waals surface area contributed by atoms with Crippen molar-refractivity contribution in [2.45, 2.75) is 25.3 Å². The van der Waals surface area contributed by atoms with Crippen LogP contribution < -0.4 is 5.32 Å². The summed E-state index contributed by atoms with van der Waals surface area (Å²) in [7, 11) is 0. The summed E-state index contributed by atoms with van der Waals surface area (Å²) in [5, 5.41) is 12.4. The lowest BCUT2D eigenvalue weighted by atomic mass is 9.92. The third-order valence-corrected chi connectivity index (χ3v) is 3.63. The highest BCUT2D eigenvalue weighted by atomic mass is 79.9. The van der Waals surface area contributed by atoms with Crippen molar-refractivity contribution in [2.24, 2.45) is 0 Å². The number of carboxylic acid groups (broad SMARTS) is 1. The number of anilines is 1. The third kappa shape index (κ3) is 1.53. The lowest BCUT2D eigenvalue weighted by Crippen LogP contribution is -2.44. The van der Waals surface area contributed by atoms with Gasteiger partial charge in [-0.1, -0.05) is 19.1 Å². The molecule has 1 aliphatic heterocycles. The number of nitrogens with one attached hydrogen (secondary N) is 1. The van der Waals surface area contributed by atoms with Crippen LogP contribution in [0.5, 0.6) is 0 Å². The second-order valence-electron chi connectivity index (χ2n) is 3.82. The lowest BCUT2D eigenvalue weighted by molar-refractivity contribution is -0.142. The smallest absolute Gasteiger partial charge is 0.329 e. The molecule has 1 heterocycles. The van der Waals surface area contributed by atoms with Crippen molar-refractivity contribution in [1.29, 1.82) is 0 Å². The average molecular weight is 270 g/mol. The molecule has 0 aromatic heterocycles. The van der Waals surface area contributed by atoms with E-state index in [-0.39, 0.29) is 0 Å². The van der Waals surface area contributed by atoms with Crippen LogP contribution in [0.3, 0.4) is 0 Å². The van der Waals surface area contributed by atoms with Crippen LogP contribution in [0.15, 0.2) is 22.7 Å². The predicted octanol–water partition coefficient (Wildman–Crippen LogP) is 2.65. The first-order chi connectivity index (χ1) is 7.09. The molecule has 4 heteroatoms. The summed E-state index contributed by atoms with van der Waals surface area (Å²) in [4.78, 5) is 11.3. The lowest BCUT2D eigenvalue weighted by Gasteiger charge is -2.23. The van der Waals surface area contributed by atoms with E-state index in [4.69, 9.17) is 0 Å². The van der Waals surface area contributed by atoms with Gasteiger partial charge in [0.1, 0.15) is 5.54 Å². The Bertz CT molecular complexity index is 419. The Morgan fingerprint density at radius 1 is 1.67 bits per heavy atom. The summed E-state index contributed by atoms with van der Waals surface area (Å²) in [5.41, 5.74) is 1.15. The molecule has 0 spiro atoms. The fraction of sp³-hybridized carbons (Fsp3) is 0.364. The number of rotatable bonds is 2. The molecule has 1 unspecified atom stereocenters. The quantitative estimate of drug-likeness (QED) is 0.868. The van der Waals surface area contributed by atoms with Crippen molar-refractivity contribution >= 4 is 27.6 Å². The van der Waals surface area contributed by atoms with Crippen LogP contribution in [0.1, 0.15) is 18.9 Å². The normalized spacial score (nSPS) is 23.3. The zero-order chi connectivity index (χ0) is 11.1. The summed E-state index contributed by atoms with van der Waals surface area (Å²) in [6, 6.07) is 5.81. The molecule has 1 aromatic carbocycles. The van der Waals surface area contributed by atoms with Gasteiger partial charge in [-0.15, -0.1) is 0 Å². The van der Waals surface area contributed by atoms with Gasteiger partial charge in [-0.25, -0.2) is 4.79 Å². The molecular formula is C11H12BrNO2. The van der Waals surface area contributed by atoms with Gasteiger partial charge < -0.3 is 10.4 Å². The van der Waals surface area contributed by atoms with Crippen molar-refractivity contribution in [3.8, 4) is 0 Å². The molecule has 0 aliphatic carbocycles. The highest BCUT2D eigenvalue weighted by molar-refractivity contribution is 9.10. The standard InChI is InChI=1S/C11H12BrNO2/c1-2-11(10(14)15)6-7-4-3-5-8(12)9(7)13-11/h3-5,13H,2,6H2,1H3,(H,14,15). The first-order valence-electron chi connectivity index (χ1n) is 4.88. The van der Waals surface area contributed by atoms with E-state index in [0.29, 0.717) is 12.8 Å². The Hall–Kier alpha value is -1.03. The minimum Gasteiger partial charge on any atom is -0.479 e. The fourth-order valence-electron chi connectivity index (χ4n) is 1.96. The van der Waals surface area contributed by atoms with Crippen LogP contribution in [0.25, 0.3) is 0 Å². The van der Waals surface area contributed by atoms with Crippen LogP contribution in [0.4, 0.5) is 5.69 Å². The maximum atomic E-state index is 11.3. The second kappa shape index (κ2) is 3.52. The minimum absolute atomic E-state index is 0.549. The van der Waals surface area contributed by atoms with Crippen molar-refractivity contribution in [3.63, 3.8) is 0 Å². The summed E-state index contributed by atoms with van der Waals surface area (Å²) in [5.74, 6) is -0.784. The van der Waals surface area contributed by atoms with E-state index in [0.717, 1.165) is 15.7 Å². The van der Waals surface area contributed by atoms with Crippen LogP contribution in [0, 0.1) is 0 Å². The summed E-state index contributed by atoms with van der Waals surface area (Å²) in [6.07, 6.45) is 1.12. The Kier molecular flexibility index (Phi) is 2.46. The van der Waals surface area contributed by atoms with Crippen LogP contribution in [0.2, 0.25) is 0 Å². The number of halogens is 1. The van der Waals surface area contributed by atoms with E-state index >= 15 is 0 Å². The molecule has 80 valence electrons. The number of para-hydroxylation sites is 1. The van der Waals surface area contributed by atoms with E-state index in [1.165, 1.54) is 0 Å². The molecule has 1 atom stereocenters. The SMILES string of the molecule is CCC1(C(=O)O)Cc2cccc(Br)c2N1. The molecule has 0 radical (unpaired) electrons. The van der Waals surface area contributed by atoms with Crippen molar-refractivity contribution in [2.75, 3.05) is 5.32 Å². The van der Waals surface area contributed by atoms with Crippen LogP contribution in [-0.4, -0.2) is 16.6 Å². The monoisotopic (exact) mass is 269 g/mol. The number of carboxylic acids is 1. The zero-order valence-corrected chi connectivity index (χ0v) is 9.97. The molecule has 3 nitrogen and oxygen atoms in total. The first-order valence-corrected chi connectivity index (χ1v) is 5.67. The molecule has 2 rings (SSSR count). The molecule has 0 fully saturated rings. The molecule has 1 aromatic rings. The molecule has 0 amide bonds. The number of aliphatic carboxylic acids is 1. The number of hydrogen-bond donors (Lipinski definition) is 2. The molecule has 0 saturated heterocycles. The van der Waals surface area contributed by atoms with Crippen molar-refractivity contribution in [3.05, 3.63) is 28.2 Å². The van der Waals surface area contributed by atoms with Gasteiger partial charge in [-0.2, -0.15) is 0 Å². The van der Waals surface area contributed by atoms with Gasteiger partial charge in [0.25, 0.3) is 0 Å². The average Bonchev–Trinajstić information content (AvgIpc) is 2.59. The van der Waals surface area contributed by atoms with Gasteiger partial charge in [-0.05, 0) is 34.0 Å². The highest BCUT2D eigenvalue weighted by Gasteiger charge is 2.42. The van der Waals surface area contributed by atoms with Crippen LogP contribution in [-0.2, 0) is 11.2 Å². The Morgan fingerprint density at radius 2 is 2.40 bits per heavy atom. The maximum absolute atomic E-state index is 11.3. The van der Waals surface area contributed by atoms with Gasteiger partial charge in [0.2, 0.25) is 0 Å². The fourth-order valence-corrected chi connectivity index (χ4v) is 2.46. The van der Waals surface area contributed by atoms with Gasteiger partial charge in [0.15, 0.2) is 0 Å². The van der Waals surface area contributed by atoms with E-state index in [1.807, 2.05) is 25.1 Å². The van der Waals surface area contributed by atoms with E-state index < -0.39 is 11.5 Å². The predicted molar refractivity (Wildman–Crippen MR) is 62.1 cm³/mol. The number of carbonyl (C=O) groups is 1. The molecule has 0 saturated carbocycles. The van der Waals surface area contributed by atoms with E-state index in [9.17, 15) is 9.90 Å². The Morgan fingerprint density at radius 3 is 2.93 bits per heavy atom. The highest BCUT2D eigenvalue weighted by Crippen LogP contribution is 2.39. The first kappa shape index (κ1) is 10.5. The number of benzene rings is 1. The minimum atomic E-state index is -0.827. The van der Waals surface area contributed by atoms with Crippen LogP contribution >= 0.6 is 15.9 Å². The largest absolute Gasteiger partial charge is 0.479 e. The van der Waals surface area contributed by atoms with Gasteiger partial charge in [0, 0.05) is 10.9 Å². The molecule has 15 heavy (non-hydrogen) atoms. The van der Waals surface area contributed by atoms with Crippen molar-refractivity contribution in [1.82, 2.24) is 0 Å². The zero-order valence-electron chi connectivity index (χ0n) is 8.38. The van der Waals surface area contributed by atoms with Crippen molar-refractivity contribution < 1.29 is 9.90 Å². The third-order valence-electron chi connectivity index (χ3n) is 2.97. The Labute approximate surface area is 96.6 Å². The summed E-state index contributed by atoms with van der Waals surface area (Å²) < 4.78 is 0.927. The second-order valence-corrected chi connectivity index (χ2v) is 4.67. The van der Waals surface area contributed by atoms with Gasteiger partial charge in [0.05, 0.1) is 5.69 Å². The molecule has 2 N–H and O–H groups in total. The van der Waals surface area contributed by atoms with Gasteiger partial charge in [-0.3, -0.25) is 0 Å². The van der Waals surface area contributed by atoms with E-state index in [1.54, 1.807) is 0 Å². The maximum Gasteiger partial charge on any atom is 0.329 e. The summed E-state index contributed by atoms with van der Waals surface area (Å²) >= 11 is 3.42.